The fraction of sp³-hybridized carbons (Fsp3) is 0.200. The molecule has 33 heavy (non-hydrogen) atoms. The molecule has 7 nitrogen and oxygen atoms in total. The second kappa shape index (κ2) is 9.38. The van der Waals surface area contributed by atoms with Crippen molar-refractivity contribution in [1.82, 2.24) is 4.57 Å². The first-order valence-corrected chi connectivity index (χ1v) is 11.2. The highest BCUT2D eigenvalue weighted by Gasteiger charge is 2.33. The van der Waals surface area contributed by atoms with E-state index < -0.39 is 18.0 Å². The van der Waals surface area contributed by atoms with Crippen LogP contribution in [-0.4, -0.2) is 23.1 Å². The topological polar surface area (TPSA) is 87.0 Å². The third-order valence-electron chi connectivity index (χ3n) is 5.05. The van der Waals surface area contributed by atoms with Crippen LogP contribution in [0.2, 0.25) is 0 Å². The van der Waals surface area contributed by atoms with Crippen molar-refractivity contribution in [2.45, 2.75) is 26.8 Å². The predicted molar refractivity (Wildman–Crippen MR) is 125 cm³/mol. The Morgan fingerprint density at radius 2 is 1.91 bits per heavy atom. The molecule has 2 heterocycles. The van der Waals surface area contributed by atoms with Crippen LogP contribution in [0.15, 0.2) is 75.7 Å². The van der Waals surface area contributed by atoms with Gasteiger partial charge in [-0.1, -0.05) is 53.8 Å². The number of aromatic nitrogens is 1. The van der Waals surface area contributed by atoms with E-state index in [1.54, 1.807) is 42.7 Å². The molecule has 168 valence electrons. The molecular weight excluding hydrogens is 440 g/mol. The third-order valence-corrected chi connectivity index (χ3v) is 6.03. The zero-order chi connectivity index (χ0) is 23.5. The summed E-state index contributed by atoms with van der Waals surface area (Å²) in [6.45, 7) is 5.05. The van der Waals surface area contributed by atoms with Gasteiger partial charge in [-0.25, -0.2) is 9.79 Å². The number of nitrogens with zero attached hydrogens (tertiary/aromatic N) is 2. The highest BCUT2D eigenvalue weighted by Crippen LogP contribution is 2.30. The first-order valence-electron chi connectivity index (χ1n) is 10.4. The smallest absolute Gasteiger partial charge is 0.338 e. The second-order valence-corrected chi connectivity index (χ2v) is 8.39. The summed E-state index contributed by atoms with van der Waals surface area (Å²) in [5, 5.41) is 0. The number of rotatable bonds is 5. The van der Waals surface area contributed by atoms with Crippen molar-refractivity contribution >= 4 is 29.4 Å². The summed E-state index contributed by atoms with van der Waals surface area (Å²) in [7, 11) is 0. The van der Waals surface area contributed by atoms with Gasteiger partial charge in [0, 0.05) is 6.92 Å². The number of fused-ring (bicyclic) bond motifs is 1. The molecular formula is C25H22N2O5S. The van der Waals surface area contributed by atoms with Gasteiger partial charge in [0.2, 0.25) is 0 Å². The lowest BCUT2D eigenvalue weighted by Gasteiger charge is -2.24. The van der Waals surface area contributed by atoms with Gasteiger partial charge in [-0.05, 0) is 43.2 Å². The standard InChI is InChI=1S/C25H22N2O5S/c1-4-31-24(30)21-15(2)26-25-27(22(21)18-10-6-5-7-11-18)23(29)20(33-25)14-17-9-8-12-19(13-17)32-16(3)28/h5-14,22H,4H2,1-3H3/b20-14-. The van der Waals surface area contributed by atoms with E-state index in [1.807, 2.05) is 36.4 Å². The zero-order valence-electron chi connectivity index (χ0n) is 18.4. The molecule has 1 atom stereocenters. The number of carbonyl (C=O) groups is 2. The Hall–Kier alpha value is -3.78. The molecule has 0 spiro atoms. The second-order valence-electron chi connectivity index (χ2n) is 7.38. The van der Waals surface area contributed by atoms with E-state index in [4.69, 9.17) is 9.47 Å². The molecule has 1 aliphatic rings. The van der Waals surface area contributed by atoms with Crippen LogP contribution in [0.1, 0.15) is 37.9 Å². The number of allylic oxidation sites excluding steroid dienone is 1. The monoisotopic (exact) mass is 462 g/mol. The van der Waals surface area contributed by atoms with E-state index in [1.165, 1.54) is 18.3 Å². The van der Waals surface area contributed by atoms with E-state index in [9.17, 15) is 14.4 Å². The number of esters is 2. The molecule has 0 fully saturated rings. The summed E-state index contributed by atoms with van der Waals surface area (Å²) in [6, 6.07) is 15.6. The Morgan fingerprint density at radius 3 is 2.61 bits per heavy atom. The lowest BCUT2D eigenvalue weighted by atomic mass is 9.96. The van der Waals surface area contributed by atoms with Crippen LogP contribution in [0.5, 0.6) is 5.75 Å². The van der Waals surface area contributed by atoms with Gasteiger partial charge >= 0.3 is 11.9 Å². The van der Waals surface area contributed by atoms with Crippen LogP contribution < -0.4 is 19.6 Å². The van der Waals surface area contributed by atoms with Crippen LogP contribution in [0, 0.1) is 0 Å². The predicted octanol–water partition coefficient (Wildman–Crippen LogP) is 2.72. The van der Waals surface area contributed by atoms with Crippen LogP contribution in [-0.2, 0) is 14.3 Å². The zero-order valence-corrected chi connectivity index (χ0v) is 19.2. The number of hydrogen-bond acceptors (Lipinski definition) is 7. The molecule has 0 radical (unpaired) electrons. The summed E-state index contributed by atoms with van der Waals surface area (Å²) in [5.41, 5.74) is 2.10. The van der Waals surface area contributed by atoms with Crippen molar-refractivity contribution in [3.05, 3.63) is 96.7 Å². The molecule has 0 N–H and O–H groups in total. The van der Waals surface area contributed by atoms with Gasteiger partial charge in [-0.2, -0.15) is 0 Å². The summed E-state index contributed by atoms with van der Waals surface area (Å²) < 4.78 is 12.4. The van der Waals surface area contributed by atoms with E-state index >= 15 is 0 Å². The Balaban J connectivity index is 1.89. The van der Waals surface area contributed by atoms with E-state index in [0.717, 1.165) is 5.56 Å². The van der Waals surface area contributed by atoms with Crippen LogP contribution in [0.4, 0.5) is 0 Å². The van der Waals surface area contributed by atoms with Gasteiger partial charge in [0.15, 0.2) is 4.80 Å². The first kappa shape index (κ1) is 22.4. The molecule has 4 rings (SSSR count). The quantitative estimate of drug-likeness (QED) is 0.430. The fourth-order valence-corrected chi connectivity index (χ4v) is 4.77. The highest BCUT2D eigenvalue weighted by atomic mass is 32.1. The van der Waals surface area contributed by atoms with Gasteiger partial charge in [-0.15, -0.1) is 0 Å². The van der Waals surface area contributed by atoms with Gasteiger partial charge in [0.05, 0.1) is 28.5 Å². The van der Waals surface area contributed by atoms with E-state index in [2.05, 4.69) is 4.99 Å². The summed E-state index contributed by atoms with van der Waals surface area (Å²) in [4.78, 5) is 42.7. The van der Waals surface area contributed by atoms with Crippen molar-refractivity contribution < 1.29 is 19.1 Å². The first-order chi connectivity index (χ1) is 15.9. The van der Waals surface area contributed by atoms with Crippen molar-refractivity contribution in [3.8, 4) is 5.75 Å². The molecule has 1 aliphatic heterocycles. The van der Waals surface area contributed by atoms with E-state index in [0.29, 0.717) is 31.9 Å². The lowest BCUT2D eigenvalue weighted by Crippen LogP contribution is -2.39. The number of carbonyl (C=O) groups excluding carboxylic acids is 2. The average Bonchev–Trinajstić information content (AvgIpc) is 3.08. The maximum absolute atomic E-state index is 13.5. The third kappa shape index (κ3) is 4.56. The van der Waals surface area contributed by atoms with Gasteiger partial charge in [0.1, 0.15) is 5.75 Å². The molecule has 8 heteroatoms. The molecule has 2 aromatic carbocycles. The van der Waals surface area contributed by atoms with Crippen LogP contribution in [0.3, 0.4) is 0 Å². The molecule has 0 amide bonds. The average molecular weight is 463 g/mol. The molecule has 1 unspecified atom stereocenters. The lowest BCUT2D eigenvalue weighted by molar-refractivity contribution is -0.139. The minimum Gasteiger partial charge on any atom is -0.463 e. The summed E-state index contributed by atoms with van der Waals surface area (Å²) in [6.07, 6.45) is 1.72. The fourth-order valence-electron chi connectivity index (χ4n) is 3.73. The minimum absolute atomic E-state index is 0.222. The molecule has 1 aromatic heterocycles. The van der Waals surface area contributed by atoms with Crippen molar-refractivity contribution in [2.24, 2.45) is 4.99 Å². The van der Waals surface area contributed by atoms with Gasteiger partial charge < -0.3 is 9.47 Å². The van der Waals surface area contributed by atoms with Crippen LogP contribution in [0.25, 0.3) is 6.08 Å². The van der Waals surface area contributed by atoms with Gasteiger partial charge in [0.25, 0.3) is 5.56 Å². The maximum atomic E-state index is 13.5. The normalized spacial score (nSPS) is 15.6. The number of benzene rings is 2. The number of thiazole rings is 1. The minimum atomic E-state index is -0.643. The van der Waals surface area contributed by atoms with E-state index in [-0.39, 0.29) is 12.2 Å². The molecule has 3 aromatic rings. The number of ether oxygens (including phenoxy) is 2. The largest absolute Gasteiger partial charge is 0.463 e. The Morgan fingerprint density at radius 1 is 1.15 bits per heavy atom. The van der Waals surface area contributed by atoms with Crippen molar-refractivity contribution in [1.29, 1.82) is 0 Å². The molecule has 0 aliphatic carbocycles. The molecule has 0 bridgehead atoms. The molecule has 0 saturated heterocycles. The summed E-state index contributed by atoms with van der Waals surface area (Å²) in [5.74, 6) is -0.515. The van der Waals surface area contributed by atoms with Crippen molar-refractivity contribution in [3.63, 3.8) is 0 Å². The van der Waals surface area contributed by atoms with Crippen molar-refractivity contribution in [2.75, 3.05) is 6.61 Å². The van der Waals surface area contributed by atoms with Gasteiger partial charge in [-0.3, -0.25) is 14.2 Å². The Kier molecular flexibility index (Phi) is 6.37. The summed E-state index contributed by atoms with van der Waals surface area (Å²) >= 11 is 1.24. The SMILES string of the molecule is CCOC(=O)C1=C(C)N=c2s/c(=C\c3cccc(OC(C)=O)c3)c(=O)n2C1c1ccccc1. The highest BCUT2D eigenvalue weighted by molar-refractivity contribution is 7.07. The molecule has 0 saturated carbocycles. The van der Waals surface area contributed by atoms with Crippen LogP contribution >= 0.6 is 11.3 Å². The Labute approximate surface area is 193 Å². The maximum Gasteiger partial charge on any atom is 0.338 e. The Bertz CT molecular complexity index is 1430. The number of hydrogen-bond donors (Lipinski definition) is 0.